The molecule has 0 aliphatic carbocycles. The molecule has 0 aliphatic rings. The smallest absolute Gasteiger partial charge is 0.379 e. The van der Waals surface area contributed by atoms with Crippen LogP contribution in [0.15, 0.2) is 127 Å². The van der Waals surface area contributed by atoms with E-state index < -0.39 is 35.1 Å². The highest BCUT2D eigenvalue weighted by molar-refractivity contribution is 7.99. The second-order valence-electron chi connectivity index (χ2n) is 12.1. The number of ketones is 2. The lowest BCUT2D eigenvalue weighted by Crippen LogP contribution is -2.43. The highest BCUT2D eigenvalue weighted by atomic mass is 32.2. The van der Waals surface area contributed by atoms with Crippen LogP contribution >= 0.6 is 11.8 Å². The van der Waals surface area contributed by atoms with Crippen molar-refractivity contribution in [3.8, 4) is 0 Å². The van der Waals surface area contributed by atoms with Gasteiger partial charge in [0, 0.05) is 44.7 Å². The van der Waals surface area contributed by atoms with Crippen LogP contribution in [-0.2, 0) is 57.1 Å². The van der Waals surface area contributed by atoms with Crippen molar-refractivity contribution in [3.63, 3.8) is 0 Å². The first-order chi connectivity index (χ1) is 28.1. The third kappa shape index (κ3) is 17.2. The molecule has 3 aromatic carbocycles. The fourth-order valence-electron chi connectivity index (χ4n) is 4.80. The van der Waals surface area contributed by atoms with Crippen molar-refractivity contribution in [2.75, 3.05) is 79.3 Å². The first kappa shape index (κ1) is 46.7. The van der Waals surface area contributed by atoms with Crippen molar-refractivity contribution in [2.24, 2.45) is 5.41 Å². The van der Waals surface area contributed by atoms with Crippen molar-refractivity contribution < 1.29 is 66.7 Å². The molecule has 0 bridgehead atoms. The Bertz CT molecular complexity index is 1750. The lowest BCUT2D eigenvalue weighted by molar-refractivity contribution is -0.146. The Morgan fingerprint density at radius 2 is 0.828 bits per heavy atom. The number of Topliss-reactive ketones (excluding diaryl/α,β-unsaturated/α-hetero) is 1. The fourth-order valence-corrected chi connectivity index (χ4v) is 5.62. The summed E-state index contributed by atoms with van der Waals surface area (Å²) in [6.07, 6.45) is 3.07. The molecule has 0 aliphatic heterocycles. The van der Waals surface area contributed by atoms with E-state index in [9.17, 15) is 28.8 Å². The van der Waals surface area contributed by atoms with E-state index in [1.54, 1.807) is 36.4 Å². The molecule has 3 rings (SSSR count). The van der Waals surface area contributed by atoms with Gasteiger partial charge < -0.3 is 37.9 Å². The topological polar surface area (TPSA) is 176 Å². The van der Waals surface area contributed by atoms with Gasteiger partial charge in [0.25, 0.3) is 5.78 Å². The zero-order valence-corrected chi connectivity index (χ0v) is 32.8. The van der Waals surface area contributed by atoms with Gasteiger partial charge in [-0.1, -0.05) is 61.8 Å². The molecule has 0 amide bonds. The summed E-state index contributed by atoms with van der Waals surface area (Å²) in [6.45, 7) is 9.39. The number of hydrogen-bond donors (Lipinski definition) is 0. The summed E-state index contributed by atoms with van der Waals surface area (Å²) in [5.74, 6) is -3.83. The van der Waals surface area contributed by atoms with Gasteiger partial charge in [-0.2, -0.15) is 0 Å². The van der Waals surface area contributed by atoms with Crippen molar-refractivity contribution >= 4 is 47.2 Å². The van der Waals surface area contributed by atoms with Gasteiger partial charge in [0.05, 0.1) is 58.3 Å². The van der Waals surface area contributed by atoms with Gasteiger partial charge >= 0.3 is 23.9 Å². The standard InChI is InChI=1S/C43H46O14S/c1-4-37(44)54-24-20-50-28-43(29-51-21-25-55-38(45)5-2,30-52-22-26-56-39(46)6-3)31-53-23-27-57-42(49)41(48)34-14-18-36(19-15-34)58-35-16-12-33(13-17-35)40(47)32-10-8-7-9-11-32/h4-19H,1-3,20-31H2. The number of carbonyl (C=O) groups excluding carboxylic acids is 6. The Labute approximate surface area is 341 Å². The Hall–Kier alpha value is -5.71. The second-order valence-corrected chi connectivity index (χ2v) is 13.3. The maximum absolute atomic E-state index is 12.8. The number of hydrogen-bond acceptors (Lipinski definition) is 15. The van der Waals surface area contributed by atoms with Gasteiger partial charge in [0.1, 0.15) is 26.4 Å². The second kappa shape index (κ2) is 26.3. The van der Waals surface area contributed by atoms with E-state index in [0.29, 0.717) is 11.1 Å². The first-order valence-corrected chi connectivity index (χ1v) is 18.8. The highest BCUT2D eigenvalue weighted by Crippen LogP contribution is 2.28. The molecule has 308 valence electrons. The van der Waals surface area contributed by atoms with Crippen LogP contribution in [0.1, 0.15) is 26.3 Å². The quantitative estimate of drug-likeness (QED) is 0.0227. The van der Waals surface area contributed by atoms with E-state index in [1.807, 2.05) is 30.3 Å². The minimum absolute atomic E-state index is 0.0130. The summed E-state index contributed by atoms with van der Waals surface area (Å²) in [7, 11) is 0. The molecule has 3 aromatic rings. The van der Waals surface area contributed by atoms with Crippen molar-refractivity contribution in [1.29, 1.82) is 0 Å². The number of rotatable bonds is 29. The van der Waals surface area contributed by atoms with Gasteiger partial charge in [-0.05, 0) is 48.5 Å². The first-order valence-electron chi connectivity index (χ1n) is 18.0. The molecule has 0 saturated carbocycles. The highest BCUT2D eigenvalue weighted by Gasteiger charge is 2.33. The number of carbonyl (C=O) groups is 6. The molecule has 0 N–H and O–H groups in total. The molecule has 0 saturated heterocycles. The Morgan fingerprint density at radius 3 is 1.22 bits per heavy atom. The largest absolute Gasteiger partial charge is 0.460 e. The van der Waals surface area contributed by atoms with Gasteiger partial charge in [-0.15, -0.1) is 0 Å². The molecule has 0 atom stereocenters. The van der Waals surface area contributed by atoms with E-state index in [0.717, 1.165) is 28.0 Å². The average Bonchev–Trinajstić information content (AvgIpc) is 3.25. The number of benzene rings is 3. The van der Waals surface area contributed by atoms with E-state index in [-0.39, 0.29) is 90.6 Å². The van der Waals surface area contributed by atoms with Crippen molar-refractivity contribution in [1.82, 2.24) is 0 Å². The molecule has 0 unspecified atom stereocenters. The molecule has 0 fully saturated rings. The minimum atomic E-state index is -1.07. The lowest BCUT2D eigenvalue weighted by Gasteiger charge is -2.33. The summed E-state index contributed by atoms with van der Waals surface area (Å²) in [5, 5.41) is 0. The monoisotopic (exact) mass is 818 g/mol. The Morgan fingerprint density at radius 1 is 0.466 bits per heavy atom. The van der Waals surface area contributed by atoms with Gasteiger partial charge in [-0.3, -0.25) is 9.59 Å². The van der Waals surface area contributed by atoms with Crippen LogP contribution in [-0.4, -0.2) is 115 Å². The third-order valence-electron chi connectivity index (χ3n) is 7.70. The molecule has 15 heteroatoms. The van der Waals surface area contributed by atoms with Crippen molar-refractivity contribution in [3.05, 3.63) is 134 Å². The van der Waals surface area contributed by atoms with Crippen LogP contribution in [0.2, 0.25) is 0 Å². The molecule has 0 aromatic heterocycles. The molecule has 14 nitrogen and oxygen atoms in total. The van der Waals surface area contributed by atoms with Crippen LogP contribution in [0.3, 0.4) is 0 Å². The van der Waals surface area contributed by atoms with Crippen LogP contribution in [0, 0.1) is 5.41 Å². The van der Waals surface area contributed by atoms with E-state index in [1.165, 1.54) is 23.9 Å². The van der Waals surface area contributed by atoms with Gasteiger partial charge in [0.15, 0.2) is 5.78 Å². The van der Waals surface area contributed by atoms with Crippen molar-refractivity contribution in [2.45, 2.75) is 9.79 Å². The molecule has 0 spiro atoms. The van der Waals surface area contributed by atoms with Crippen LogP contribution in [0.5, 0.6) is 0 Å². The average molecular weight is 819 g/mol. The van der Waals surface area contributed by atoms with E-state index in [4.69, 9.17) is 37.9 Å². The van der Waals surface area contributed by atoms with Crippen LogP contribution < -0.4 is 0 Å². The number of ether oxygens (including phenoxy) is 8. The maximum Gasteiger partial charge on any atom is 0.379 e. The fraction of sp³-hybridized carbons (Fsp3) is 0.302. The number of esters is 4. The van der Waals surface area contributed by atoms with Crippen LogP contribution in [0.25, 0.3) is 0 Å². The predicted octanol–water partition coefficient (Wildman–Crippen LogP) is 5.04. The molecule has 0 radical (unpaired) electrons. The molecule has 58 heavy (non-hydrogen) atoms. The summed E-state index contributed by atoms with van der Waals surface area (Å²) < 4.78 is 43.2. The summed E-state index contributed by atoms with van der Waals surface area (Å²) in [6, 6.07) is 22.7. The predicted molar refractivity (Wildman–Crippen MR) is 211 cm³/mol. The summed E-state index contributed by atoms with van der Waals surface area (Å²) >= 11 is 1.43. The molecule has 0 heterocycles. The van der Waals surface area contributed by atoms with Gasteiger partial charge in [-0.25, -0.2) is 19.2 Å². The van der Waals surface area contributed by atoms with Crippen LogP contribution in [0.4, 0.5) is 0 Å². The molecular formula is C43H46O14S. The molecular weight excluding hydrogens is 773 g/mol. The zero-order valence-electron chi connectivity index (χ0n) is 32.0. The summed E-state index contributed by atoms with van der Waals surface area (Å²) in [5.41, 5.74) is 0.308. The third-order valence-corrected chi connectivity index (χ3v) is 8.72. The Kier molecular flexibility index (Phi) is 21.1. The van der Waals surface area contributed by atoms with E-state index in [2.05, 4.69) is 19.7 Å². The SMILES string of the molecule is C=CC(=O)OCCOCC(COCCOC(=O)C=C)(COCCOC(=O)C=C)COCCOC(=O)C(=O)c1ccc(Sc2ccc(C(=O)c3ccccc3)cc2)cc1. The Balaban J connectivity index is 1.54. The normalized spacial score (nSPS) is 10.8. The lowest BCUT2D eigenvalue weighted by atomic mass is 9.92. The van der Waals surface area contributed by atoms with Gasteiger partial charge in [0.2, 0.25) is 0 Å². The maximum atomic E-state index is 12.8. The summed E-state index contributed by atoms with van der Waals surface area (Å²) in [4.78, 5) is 74.1. The zero-order chi connectivity index (χ0) is 42.0. The van der Waals surface area contributed by atoms with E-state index >= 15 is 0 Å². The minimum Gasteiger partial charge on any atom is -0.460 e.